The summed E-state index contributed by atoms with van der Waals surface area (Å²) in [5.41, 5.74) is 0. The average Bonchev–Trinajstić information content (AvgIpc) is 2.79. The molecule has 0 aromatic rings. The summed E-state index contributed by atoms with van der Waals surface area (Å²) in [5, 5.41) is 11.4. The standard InChI is InChI=1S/C12H15F9O3.C9H19NO4S/c1-3-6(2)8(23)24-5-4-7(22)9(13,14)10(15,16)11(17,18)12(19,20)21;1-5-7(2)8(11)10-6-9(3,4)15(12,13)14/h6-7,22H,3-5H2,1-2H3;7H,5-6H2,1-4H3,(H,10,11)(H,12,13,14). The molecule has 3 N–H and O–H groups in total. The third-order valence-electron chi connectivity index (χ3n) is 5.68. The van der Waals surface area contributed by atoms with Gasteiger partial charge in [0.2, 0.25) is 5.91 Å². The zero-order valence-corrected chi connectivity index (χ0v) is 22.8. The predicted molar refractivity (Wildman–Crippen MR) is 120 cm³/mol. The number of esters is 1. The van der Waals surface area contributed by atoms with Gasteiger partial charge in [0.15, 0.2) is 0 Å². The molecule has 0 saturated carbocycles. The lowest BCUT2D eigenvalue weighted by atomic mass is 9.97. The van der Waals surface area contributed by atoms with Crippen LogP contribution in [0.3, 0.4) is 0 Å². The van der Waals surface area contributed by atoms with Gasteiger partial charge in [0.1, 0.15) is 10.9 Å². The highest BCUT2D eigenvalue weighted by Crippen LogP contribution is 2.54. The van der Waals surface area contributed by atoms with Gasteiger partial charge in [0.25, 0.3) is 10.1 Å². The van der Waals surface area contributed by atoms with Crippen LogP contribution in [0.5, 0.6) is 0 Å². The van der Waals surface area contributed by atoms with Crippen molar-refractivity contribution in [3.8, 4) is 0 Å². The van der Waals surface area contributed by atoms with Crippen molar-refractivity contribution in [3.05, 3.63) is 0 Å². The van der Waals surface area contributed by atoms with Gasteiger partial charge in [-0.25, -0.2) is 0 Å². The van der Waals surface area contributed by atoms with E-state index in [-0.39, 0.29) is 24.8 Å². The predicted octanol–water partition coefficient (Wildman–Crippen LogP) is 4.61. The fourth-order valence-electron chi connectivity index (χ4n) is 2.11. The molecule has 0 aliphatic rings. The van der Waals surface area contributed by atoms with Crippen molar-refractivity contribution in [2.75, 3.05) is 13.2 Å². The molecule has 0 saturated heterocycles. The highest BCUT2D eigenvalue weighted by atomic mass is 32.2. The fraction of sp³-hybridized carbons (Fsp3) is 0.905. The third-order valence-corrected chi connectivity index (χ3v) is 7.23. The molecule has 0 aromatic heterocycles. The van der Waals surface area contributed by atoms with Crippen LogP contribution in [0, 0.1) is 11.8 Å². The second-order valence-electron chi connectivity index (χ2n) is 9.31. The summed E-state index contributed by atoms with van der Waals surface area (Å²) in [4.78, 5) is 22.5. The molecule has 234 valence electrons. The lowest BCUT2D eigenvalue weighted by molar-refractivity contribution is -0.406. The molecule has 0 rings (SSSR count). The summed E-state index contributed by atoms with van der Waals surface area (Å²) in [7, 11) is -4.15. The Labute approximate surface area is 220 Å². The summed E-state index contributed by atoms with van der Waals surface area (Å²) < 4.78 is 147. The molecule has 0 heterocycles. The number of halogens is 9. The van der Waals surface area contributed by atoms with Crippen LogP contribution in [0.25, 0.3) is 0 Å². The summed E-state index contributed by atoms with van der Waals surface area (Å²) in [5.74, 6) is -22.1. The maximum Gasteiger partial charge on any atom is 0.460 e. The number of aliphatic hydroxyl groups is 1. The smallest absolute Gasteiger partial charge is 0.460 e. The van der Waals surface area contributed by atoms with Crippen molar-refractivity contribution in [2.24, 2.45) is 11.8 Å². The van der Waals surface area contributed by atoms with Gasteiger partial charge in [-0.1, -0.05) is 27.7 Å². The lowest BCUT2D eigenvalue weighted by Crippen LogP contribution is -2.64. The zero-order valence-electron chi connectivity index (χ0n) is 22.0. The summed E-state index contributed by atoms with van der Waals surface area (Å²) in [6, 6.07) is 0. The third kappa shape index (κ3) is 10.3. The van der Waals surface area contributed by atoms with Crippen LogP contribution < -0.4 is 5.32 Å². The number of nitrogens with one attached hydrogen (secondary N) is 1. The van der Waals surface area contributed by atoms with Crippen molar-refractivity contribution in [1.29, 1.82) is 0 Å². The second-order valence-corrected chi connectivity index (χ2v) is 11.4. The Morgan fingerprint density at radius 3 is 1.67 bits per heavy atom. The Hall–Kier alpha value is -1.82. The molecule has 0 radical (unpaired) electrons. The molecule has 3 atom stereocenters. The minimum Gasteiger partial charge on any atom is -0.465 e. The quantitative estimate of drug-likeness (QED) is 0.157. The van der Waals surface area contributed by atoms with Crippen LogP contribution in [0.15, 0.2) is 0 Å². The minimum absolute atomic E-state index is 0.0883. The average molecular weight is 616 g/mol. The van der Waals surface area contributed by atoms with Crippen LogP contribution in [-0.2, 0) is 24.4 Å². The second kappa shape index (κ2) is 14.2. The van der Waals surface area contributed by atoms with Gasteiger partial charge in [-0.2, -0.15) is 47.9 Å². The number of hydrogen-bond donors (Lipinski definition) is 3. The van der Waals surface area contributed by atoms with Gasteiger partial charge in [-0.3, -0.25) is 14.1 Å². The molecule has 18 heteroatoms. The molecule has 1 amide bonds. The molecule has 0 aliphatic carbocycles. The van der Waals surface area contributed by atoms with Gasteiger partial charge in [0.05, 0.1) is 12.5 Å². The van der Waals surface area contributed by atoms with E-state index in [9.17, 15) is 57.5 Å². The number of ether oxygens (including phenoxy) is 1. The Morgan fingerprint density at radius 1 is 0.872 bits per heavy atom. The summed E-state index contributed by atoms with van der Waals surface area (Å²) in [6.45, 7) is 8.15. The first-order valence-electron chi connectivity index (χ1n) is 11.4. The molecule has 0 aliphatic heterocycles. The van der Waals surface area contributed by atoms with Crippen molar-refractivity contribution >= 4 is 22.0 Å². The van der Waals surface area contributed by atoms with Gasteiger partial charge in [-0.05, 0) is 26.7 Å². The molecule has 0 aromatic carbocycles. The maximum absolute atomic E-state index is 13.2. The van der Waals surface area contributed by atoms with Crippen molar-refractivity contribution in [3.63, 3.8) is 0 Å². The Balaban J connectivity index is 0. The van der Waals surface area contributed by atoms with E-state index in [0.717, 1.165) is 0 Å². The molecule has 8 nitrogen and oxygen atoms in total. The number of rotatable bonds is 13. The van der Waals surface area contributed by atoms with Crippen LogP contribution in [-0.4, -0.2) is 77.9 Å². The number of alkyl halides is 9. The van der Waals surface area contributed by atoms with Gasteiger partial charge >= 0.3 is 29.9 Å². The minimum atomic E-state index is -7.07. The monoisotopic (exact) mass is 615 g/mol. The van der Waals surface area contributed by atoms with E-state index in [1.54, 1.807) is 13.8 Å². The maximum atomic E-state index is 13.2. The van der Waals surface area contributed by atoms with Crippen molar-refractivity contribution < 1.29 is 71.9 Å². The summed E-state index contributed by atoms with van der Waals surface area (Å²) in [6.07, 6.45) is -11.0. The van der Waals surface area contributed by atoms with E-state index in [0.29, 0.717) is 6.42 Å². The number of carbonyl (C=O) groups excluding carboxylic acids is 2. The Morgan fingerprint density at radius 2 is 1.31 bits per heavy atom. The van der Waals surface area contributed by atoms with E-state index in [2.05, 4.69) is 10.1 Å². The van der Waals surface area contributed by atoms with E-state index < -0.39 is 69.8 Å². The SMILES string of the molecule is CCC(C)C(=O)NCC(C)(C)S(=O)(=O)O.CCC(C)C(=O)OCCC(O)C(F)(F)C(F)(F)C(F)(F)C(F)(F)F. The molecular formula is C21H34F9NO7S. The molecule has 39 heavy (non-hydrogen) atoms. The van der Waals surface area contributed by atoms with Gasteiger partial charge in [0, 0.05) is 18.9 Å². The Bertz CT molecular complexity index is 910. The van der Waals surface area contributed by atoms with Crippen LogP contribution in [0.1, 0.15) is 60.8 Å². The number of aliphatic hydroxyl groups excluding tert-OH is 1. The topological polar surface area (TPSA) is 130 Å². The first-order chi connectivity index (χ1) is 17.2. The van der Waals surface area contributed by atoms with Gasteiger partial charge in [-0.15, -0.1) is 0 Å². The fourth-order valence-corrected chi connectivity index (χ4v) is 2.36. The Kier molecular flexibility index (Phi) is 14.3. The first-order valence-corrected chi connectivity index (χ1v) is 12.9. The van der Waals surface area contributed by atoms with Crippen molar-refractivity contribution in [2.45, 2.75) is 95.6 Å². The molecule has 0 fully saturated rings. The largest absolute Gasteiger partial charge is 0.465 e. The lowest BCUT2D eigenvalue weighted by Gasteiger charge is -2.35. The van der Waals surface area contributed by atoms with E-state index in [4.69, 9.17) is 9.66 Å². The summed E-state index contributed by atoms with van der Waals surface area (Å²) >= 11 is 0. The molecular weight excluding hydrogens is 581 g/mol. The van der Waals surface area contributed by atoms with E-state index in [1.165, 1.54) is 20.8 Å². The van der Waals surface area contributed by atoms with E-state index >= 15 is 0 Å². The van der Waals surface area contributed by atoms with E-state index in [1.807, 2.05) is 6.92 Å². The number of amides is 1. The van der Waals surface area contributed by atoms with Crippen molar-refractivity contribution in [1.82, 2.24) is 5.32 Å². The number of carbonyl (C=O) groups is 2. The van der Waals surface area contributed by atoms with Crippen LogP contribution in [0.4, 0.5) is 39.5 Å². The molecule has 0 bridgehead atoms. The normalized spacial score (nSPS) is 15.9. The highest BCUT2D eigenvalue weighted by molar-refractivity contribution is 7.87. The first kappa shape index (κ1) is 39.3. The van der Waals surface area contributed by atoms with Gasteiger partial charge < -0.3 is 15.2 Å². The highest BCUT2D eigenvalue weighted by Gasteiger charge is 2.82. The van der Waals surface area contributed by atoms with Crippen LogP contribution in [0.2, 0.25) is 0 Å². The molecule has 0 spiro atoms. The van der Waals surface area contributed by atoms with Crippen LogP contribution >= 0.6 is 0 Å². The molecule has 3 unspecified atom stereocenters. The zero-order chi connectivity index (χ0) is 31.8. The number of hydrogen-bond acceptors (Lipinski definition) is 6.